The first kappa shape index (κ1) is 39.9. The van der Waals surface area contributed by atoms with Crippen LogP contribution in [0.2, 0.25) is 0 Å². The summed E-state index contributed by atoms with van der Waals surface area (Å²) in [6.07, 6.45) is 7.65. The number of carbonyl (C=O) groups excluding carboxylic acids is 2. The minimum atomic E-state index is -4.03. The molecule has 56 heavy (non-hydrogen) atoms. The number of nitrogens with zero attached hydrogens (tertiary/aromatic N) is 3. The first-order valence-electron chi connectivity index (χ1n) is 19.9. The highest BCUT2D eigenvalue weighted by Gasteiger charge is 2.52. The summed E-state index contributed by atoms with van der Waals surface area (Å²) in [5.74, 6) is -0.578. The molecule has 0 aromatic heterocycles. The molecular formula is C43H53F2N5O5S. The molecule has 3 aromatic rings. The normalized spacial score (nSPS) is 22.1. The number of hydrogen-bond acceptors (Lipinski definition) is 8. The molecule has 3 saturated heterocycles. The molecule has 0 spiro atoms. The van der Waals surface area contributed by atoms with Gasteiger partial charge in [0.15, 0.2) is 0 Å². The number of sulfone groups is 1. The summed E-state index contributed by atoms with van der Waals surface area (Å²) < 4.78 is 61.2. The predicted molar refractivity (Wildman–Crippen MR) is 212 cm³/mol. The van der Waals surface area contributed by atoms with Crippen LogP contribution in [0, 0.1) is 29.4 Å². The average Bonchev–Trinajstić information content (AvgIpc) is 3.62. The number of likely N-dealkylation sites (tertiary alicyclic amines) is 2. The van der Waals surface area contributed by atoms with Gasteiger partial charge >= 0.3 is 6.09 Å². The molecule has 3 aliphatic heterocycles. The number of methoxy groups -OCH3 is 1. The highest BCUT2D eigenvalue weighted by Crippen LogP contribution is 2.53. The van der Waals surface area contributed by atoms with Crippen LogP contribution in [0.3, 0.4) is 0 Å². The van der Waals surface area contributed by atoms with Crippen molar-refractivity contribution in [2.45, 2.75) is 66.2 Å². The van der Waals surface area contributed by atoms with E-state index in [4.69, 9.17) is 4.74 Å². The molecule has 0 unspecified atom stereocenters. The largest absolute Gasteiger partial charge is 0.453 e. The summed E-state index contributed by atoms with van der Waals surface area (Å²) in [6.45, 7) is 11.1. The number of halogens is 2. The van der Waals surface area contributed by atoms with Gasteiger partial charge in [0.25, 0.3) is 0 Å². The summed E-state index contributed by atoms with van der Waals surface area (Å²) in [5.41, 5.74) is 1.73. The maximum absolute atomic E-state index is 15.0. The SMILES string of the molecule is C=CC(=O)Nc1cc(F)cc(S(=O)(=O)c2ccc(N3CC(CN4CCC([C@@](CCN5CCC5)(c5cccc(F)c5)[C@H]5CCC[C@@H]5NC(=O)OC)CC4)C3)cc2)c1. The van der Waals surface area contributed by atoms with E-state index in [0.29, 0.717) is 11.8 Å². The molecule has 2 amide bonds. The van der Waals surface area contributed by atoms with Crippen LogP contribution in [0.25, 0.3) is 0 Å². The number of amides is 2. The quantitative estimate of drug-likeness (QED) is 0.175. The minimum absolute atomic E-state index is 0.0268. The summed E-state index contributed by atoms with van der Waals surface area (Å²) in [6, 6.07) is 17.1. The maximum Gasteiger partial charge on any atom is 0.407 e. The van der Waals surface area contributed by atoms with E-state index in [2.05, 4.69) is 38.0 Å². The molecule has 1 saturated carbocycles. The zero-order valence-electron chi connectivity index (χ0n) is 32.1. The molecule has 4 fully saturated rings. The molecular weight excluding hydrogens is 737 g/mol. The molecule has 7 rings (SSSR count). The van der Waals surface area contributed by atoms with E-state index in [1.807, 2.05) is 6.07 Å². The topological polar surface area (TPSA) is 111 Å². The summed E-state index contributed by atoms with van der Waals surface area (Å²) in [5, 5.41) is 5.59. The van der Waals surface area contributed by atoms with Gasteiger partial charge in [-0.3, -0.25) is 4.79 Å². The summed E-state index contributed by atoms with van der Waals surface area (Å²) in [7, 11) is -2.62. The standard InChI is InChI=1S/C43H53F2N5O5S/c1-3-41(51)46-35-24-34(45)25-38(26-35)56(53,54)37-13-11-36(12-14-37)50-28-30(29-50)27-49-20-15-31(16-21-49)43(17-22-48-18-6-19-48,32-7-4-8-33(44)23-32)39-9-5-10-40(39)47-42(52)55-2/h3-4,7-8,11-14,23-26,30-31,39-40H,1,5-6,9-10,15-22,27-29H2,2H3,(H,46,51)(H,47,52)/t39-,40-,43-/m0/s1. The predicted octanol–water partition coefficient (Wildman–Crippen LogP) is 6.63. The van der Waals surface area contributed by atoms with Gasteiger partial charge in [-0.05, 0) is 149 Å². The molecule has 3 aromatic carbocycles. The lowest BCUT2D eigenvalue weighted by Crippen LogP contribution is -2.56. The molecule has 10 nitrogen and oxygen atoms in total. The second kappa shape index (κ2) is 17.0. The fraction of sp³-hybridized carbons (Fsp3) is 0.488. The van der Waals surface area contributed by atoms with E-state index >= 15 is 4.39 Å². The summed E-state index contributed by atoms with van der Waals surface area (Å²) in [4.78, 5) is 31.3. The third-order valence-corrected chi connectivity index (χ3v) is 14.5. The fourth-order valence-electron chi connectivity index (χ4n) is 9.82. The Balaban J connectivity index is 0.996. The Morgan fingerprint density at radius 1 is 0.893 bits per heavy atom. The van der Waals surface area contributed by atoms with Crippen LogP contribution in [0.1, 0.15) is 50.5 Å². The maximum atomic E-state index is 15.0. The molecule has 3 atom stereocenters. The lowest BCUT2D eigenvalue weighted by atomic mass is 9.56. The second-order valence-corrected chi connectivity index (χ2v) is 17.9. The van der Waals surface area contributed by atoms with E-state index in [9.17, 15) is 22.4 Å². The van der Waals surface area contributed by atoms with Gasteiger partial charge in [0, 0.05) is 48.4 Å². The van der Waals surface area contributed by atoms with E-state index in [1.54, 1.807) is 18.2 Å². The van der Waals surface area contributed by atoms with Crippen molar-refractivity contribution in [2.24, 2.45) is 17.8 Å². The van der Waals surface area contributed by atoms with Crippen molar-refractivity contribution in [3.05, 3.63) is 96.6 Å². The van der Waals surface area contributed by atoms with Crippen LogP contribution < -0.4 is 15.5 Å². The molecule has 0 radical (unpaired) electrons. The number of benzene rings is 3. The van der Waals surface area contributed by atoms with Crippen LogP contribution in [-0.2, 0) is 24.8 Å². The van der Waals surface area contributed by atoms with Crippen LogP contribution in [-0.4, -0.2) is 95.7 Å². The monoisotopic (exact) mass is 789 g/mol. The van der Waals surface area contributed by atoms with Gasteiger partial charge in [0.05, 0.1) is 16.9 Å². The number of carbonyl (C=O) groups is 2. The van der Waals surface area contributed by atoms with Gasteiger partial charge in [0.1, 0.15) is 11.6 Å². The van der Waals surface area contributed by atoms with Crippen molar-refractivity contribution in [2.75, 3.05) is 69.7 Å². The van der Waals surface area contributed by atoms with Crippen molar-refractivity contribution in [1.29, 1.82) is 0 Å². The van der Waals surface area contributed by atoms with Crippen LogP contribution in [0.4, 0.5) is 25.0 Å². The van der Waals surface area contributed by atoms with Gasteiger partial charge < -0.3 is 30.1 Å². The van der Waals surface area contributed by atoms with Gasteiger partial charge in [-0.2, -0.15) is 0 Å². The lowest BCUT2D eigenvalue weighted by molar-refractivity contribution is -0.111. The number of piperidine rings is 1. The molecule has 4 aliphatic rings. The Labute approximate surface area is 329 Å². The van der Waals surface area contributed by atoms with E-state index in [1.165, 1.54) is 37.8 Å². The van der Waals surface area contributed by atoms with E-state index in [-0.39, 0.29) is 38.7 Å². The van der Waals surface area contributed by atoms with E-state index < -0.39 is 27.7 Å². The first-order chi connectivity index (χ1) is 27.0. The van der Waals surface area contributed by atoms with Gasteiger partial charge in [-0.25, -0.2) is 22.0 Å². The number of nitrogens with one attached hydrogen (secondary N) is 2. The van der Waals surface area contributed by atoms with Crippen molar-refractivity contribution >= 4 is 33.2 Å². The average molecular weight is 790 g/mol. The molecule has 3 heterocycles. The van der Waals surface area contributed by atoms with Crippen molar-refractivity contribution in [3.63, 3.8) is 0 Å². The Hall–Kier alpha value is -4.33. The van der Waals surface area contributed by atoms with Crippen LogP contribution in [0.5, 0.6) is 0 Å². The highest BCUT2D eigenvalue weighted by molar-refractivity contribution is 7.91. The molecule has 0 bridgehead atoms. The third-order valence-electron chi connectivity index (χ3n) is 12.8. The van der Waals surface area contributed by atoms with Crippen LogP contribution in [0.15, 0.2) is 89.2 Å². The number of hydrogen-bond donors (Lipinski definition) is 2. The van der Waals surface area contributed by atoms with E-state index in [0.717, 1.165) is 120 Å². The number of ether oxygens (including phenoxy) is 1. The zero-order chi connectivity index (χ0) is 39.5. The van der Waals surface area contributed by atoms with Crippen molar-refractivity contribution in [3.8, 4) is 0 Å². The van der Waals surface area contributed by atoms with Gasteiger partial charge in [-0.15, -0.1) is 0 Å². The Morgan fingerprint density at radius 3 is 2.30 bits per heavy atom. The van der Waals surface area contributed by atoms with Gasteiger partial charge in [0.2, 0.25) is 15.7 Å². The van der Waals surface area contributed by atoms with Gasteiger partial charge in [-0.1, -0.05) is 25.1 Å². The molecule has 1 aliphatic carbocycles. The van der Waals surface area contributed by atoms with Crippen molar-refractivity contribution in [1.82, 2.24) is 15.1 Å². The molecule has 13 heteroatoms. The van der Waals surface area contributed by atoms with Crippen LogP contribution >= 0.6 is 0 Å². The number of alkyl carbamates (subject to hydrolysis) is 1. The summed E-state index contributed by atoms with van der Waals surface area (Å²) >= 11 is 0. The number of rotatable bonds is 14. The first-order valence-corrected chi connectivity index (χ1v) is 21.4. The number of anilines is 2. The Morgan fingerprint density at radius 2 is 1.64 bits per heavy atom. The Bertz CT molecular complexity index is 2000. The second-order valence-electron chi connectivity index (χ2n) is 16.0. The minimum Gasteiger partial charge on any atom is -0.453 e. The highest BCUT2D eigenvalue weighted by atomic mass is 32.2. The third kappa shape index (κ3) is 8.50. The fourth-order valence-corrected chi connectivity index (χ4v) is 11.1. The zero-order valence-corrected chi connectivity index (χ0v) is 32.9. The Kier molecular flexibility index (Phi) is 12.1. The molecule has 2 N–H and O–H groups in total. The smallest absolute Gasteiger partial charge is 0.407 e. The lowest BCUT2D eigenvalue weighted by Gasteiger charge is -2.52. The van der Waals surface area contributed by atoms with Crippen molar-refractivity contribution < 1.29 is 31.5 Å². The molecule has 300 valence electrons.